The molecule has 2 aromatic carbocycles. The topological polar surface area (TPSA) is 36.4 Å². The fourth-order valence-corrected chi connectivity index (χ4v) is 4.15. The zero-order chi connectivity index (χ0) is 18.8. The van der Waals surface area contributed by atoms with Crippen LogP contribution in [0.5, 0.6) is 0 Å². The predicted molar refractivity (Wildman–Crippen MR) is 111 cm³/mol. The first-order valence-electron chi connectivity index (χ1n) is 7.83. The normalized spacial score (nSPS) is 11.3. The summed E-state index contributed by atoms with van der Waals surface area (Å²) in [6.45, 7) is 1.17. The largest absolute Gasteiger partial charge is 0.308 e. The number of fused-ring (bicyclic) bond motifs is 1. The lowest BCUT2D eigenvalue weighted by Gasteiger charge is -2.22. The van der Waals surface area contributed by atoms with Gasteiger partial charge in [-0.1, -0.05) is 46.1 Å². The van der Waals surface area contributed by atoms with Crippen LogP contribution in [0.15, 0.2) is 36.4 Å². The van der Waals surface area contributed by atoms with Gasteiger partial charge < -0.3 is 4.90 Å². The van der Waals surface area contributed by atoms with Gasteiger partial charge in [0.15, 0.2) is 5.13 Å². The van der Waals surface area contributed by atoms with Crippen LogP contribution in [0.4, 0.5) is 5.13 Å². The number of amides is 1. The summed E-state index contributed by atoms with van der Waals surface area (Å²) >= 11 is 19.7. The highest BCUT2D eigenvalue weighted by Gasteiger charge is 2.23. The van der Waals surface area contributed by atoms with Crippen LogP contribution in [0.2, 0.25) is 15.1 Å². The maximum absolute atomic E-state index is 13.2. The Bertz CT molecular complexity index is 958. The molecule has 0 fully saturated rings. The molecule has 1 amide bonds. The smallest absolute Gasteiger partial charge is 0.261 e. The minimum atomic E-state index is -0.210. The zero-order valence-corrected chi connectivity index (χ0v) is 17.3. The molecule has 0 bridgehead atoms. The summed E-state index contributed by atoms with van der Waals surface area (Å²) in [4.78, 5) is 21.4. The fraction of sp³-hybridized carbons (Fsp3) is 0.222. The van der Waals surface area contributed by atoms with Gasteiger partial charge in [-0.15, -0.1) is 0 Å². The van der Waals surface area contributed by atoms with E-state index in [1.165, 1.54) is 11.3 Å². The third-order valence-corrected chi connectivity index (χ3v) is 5.57. The molecule has 1 heterocycles. The summed E-state index contributed by atoms with van der Waals surface area (Å²) in [5.41, 5.74) is 1.20. The number of hydrogen-bond acceptors (Lipinski definition) is 4. The molecule has 0 saturated carbocycles. The number of carbonyl (C=O) groups is 1. The number of halogens is 3. The quantitative estimate of drug-likeness (QED) is 0.541. The second-order valence-corrected chi connectivity index (χ2v) is 8.28. The highest BCUT2D eigenvalue weighted by Crippen LogP contribution is 2.32. The van der Waals surface area contributed by atoms with Gasteiger partial charge in [0, 0.05) is 23.1 Å². The molecule has 8 heteroatoms. The van der Waals surface area contributed by atoms with Crippen molar-refractivity contribution in [3.63, 3.8) is 0 Å². The van der Waals surface area contributed by atoms with Crippen molar-refractivity contribution in [2.24, 2.45) is 0 Å². The first-order valence-corrected chi connectivity index (χ1v) is 9.78. The monoisotopic (exact) mass is 427 g/mol. The van der Waals surface area contributed by atoms with Crippen LogP contribution in [0.1, 0.15) is 10.4 Å². The molecule has 0 spiro atoms. The number of nitrogens with zero attached hydrogens (tertiary/aromatic N) is 3. The van der Waals surface area contributed by atoms with E-state index in [9.17, 15) is 4.79 Å². The zero-order valence-electron chi connectivity index (χ0n) is 14.2. The number of carbonyl (C=O) groups excluding carboxylic acids is 1. The Morgan fingerprint density at radius 2 is 1.73 bits per heavy atom. The molecule has 136 valence electrons. The van der Waals surface area contributed by atoms with E-state index in [0.717, 1.165) is 10.2 Å². The third-order valence-electron chi connectivity index (χ3n) is 3.75. The van der Waals surface area contributed by atoms with Crippen molar-refractivity contribution in [1.82, 2.24) is 9.88 Å². The Kier molecular flexibility index (Phi) is 6.05. The van der Waals surface area contributed by atoms with E-state index in [-0.39, 0.29) is 5.91 Å². The molecule has 0 saturated heterocycles. The number of anilines is 1. The fourth-order valence-electron chi connectivity index (χ4n) is 2.39. The molecule has 3 rings (SSSR count). The highest BCUT2D eigenvalue weighted by atomic mass is 35.5. The molecule has 0 radical (unpaired) electrons. The molecule has 3 aromatic rings. The first-order chi connectivity index (χ1) is 12.3. The Labute approximate surface area is 170 Å². The van der Waals surface area contributed by atoms with E-state index < -0.39 is 0 Å². The molecule has 0 atom stereocenters. The average Bonchev–Trinajstić information content (AvgIpc) is 2.97. The van der Waals surface area contributed by atoms with Crippen LogP contribution in [-0.2, 0) is 0 Å². The van der Waals surface area contributed by atoms with Gasteiger partial charge in [-0.05, 0) is 50.5 Å². The van der Waals surface area contributed by atoms with Crippen LogP contribution in [0, 0.1) is 0 Å². The Morgan fingerprint density at radius 3 is 2.42 bits per heavy atom. The van der Waals surface area contributed by atoms with Gasteiger partial charge in [0.05, 0.1) is 20.8 Å². The molecular formula is C18H16Cl3N3OS. The number of benzene rings is 2. The molecule has 0 unspecified atom stereocenters. The minimum Gasteiger partial charge on any atom is -0.308 e. The van der Waals surface area contributed by atoms with Crippen LogP contribution < -0.4 is 4.90 Å². The second kappa shape index (κ2) is 8.11. The summed E-state index contributed by atoms with van der Waals surface area (Å²) < 4.78 is 0.928. The molecule has 0 aliphatic heterocycles. The second-order valence-electron chi connectivity index (χ2n) is 5.99. The van der Waals surface area contributed by atoms with Gasteiger partial charge >= 0.3 is 0 Å². The van der Waals surface area contributed by atoms with Gasteiger partial charge in [-0.25, -0.2) is 4.98 Å². The maximum Gasteiger partial charge on any atom is 0.261 e. The van der Waals surface area contributed by atoms with E-state index >= 15 is 0 Å². The minimum absolute atomic E-state index is 0.210. The van der Waals surface area contributed by atoms with Gasteiger partial charge in [-0.2, -0.15) is 0 Å². The number of aromatic nitrogens is 1. The van der Waals surface area contributed by atoms with Crippen molar-refractivity contribution in [3.05, 3.63) is 57.0 Å². The lowest BCUT2D eigenvalue weighted by atomic mass is 10.2. The van der Waals surface area contributed by atoms with Crippen molar-refractivity contribution in [2.75, 3.05) is 32.1 Å². The standard InChI is InChI=1S/C18H16Cl3N3OS/c1-23(2)7-8-24(17(25)13-5-3-11(19)9-14(13)21)18-22-15-6-4-12(20)10-16(15)26-18/h3-6,9-10H,7-8H2,1-2H3. The van der Waals surface area contributed by atoms with Crippen LogP contribution in [-0.4, -0.2) is 43.0 Å². The van der Waals surface area contributed by atoms with E-state index in [4.69, 9.17) is 34.8 Å². The molecule has 4 nitrogen and oxygen atoms in total. The molecule has 0 aliphatic carbocycles. The summed E-state index contributed by atoms with van der Waals surface area (Å²) in [6, 6.07) is 10.3. The molecule has 0 aliphatic rings. The van der Waals surface area contributed by atoms with Crippen molar-refractivity contribution in [2.45, 2.75) is 0 Å². The first kappa shape index (κ1) is 19.4. The predicted octanol–water partition coefficient (Wildman–Crippen LogP) is 5.46. The Morgan fingerprint density at radius 1 is 1.04 bits per heavy atom. The van der Waals surface area contributed by atoms with Gasteiger partial charge in [0.25, 0.3) is 5.91 Å². The summed E-state index contributed by atoms with van der Waals surface area (Å²) in [7, 11) is 3.91. The third kappa shape index (κ3) is 4.30. The average molecular weight is 429 g/mol. The van der Waals surface area contributed by atoms with Crippen LogP contribution >= 0.6 is 46.1 Å². The maximum atomic E-state index is 13.2. The van der Waals surface area contributed by atoms with E-state index in [1.807, 2.05) is 31.1 Å². The summed E-state index contributed by atoms with van der Waals surface area (Å²) in [5, 5.41) is 2.06. The number of rotatable bonds is 5. The summed E-state index contributed by atoms with van der Waals surface area (Å²) in [6.07, 6.45) is 0. The molecular weight excluding hydrogens is 413 g/mol. The van der Waals surface area contributed by atoms with E-state index in [2.05, 4.69) is 4.98 Å². The van der Waals surface area contributed by atoms with Gasteiger partial charge in [0.1, 0.15) is 0 Å². The Hall–Kier alpha value is -1.37. The van der Waals surface area contributed by atoms with Gasteiger partial charge in [0.2, 0.25) is 0 Å². The van der Waals surface area contributed by atoms with Gasteiger partial charge in [-0.3, -0.25) is 9.69 Å². The number of thiazole rings is 1. The van der Waals surface area contributed by atoms with Crippen LogP contribution in [0.3, 0.4) is 0 Å². The van der Waals surface area contributed by atoms with Crippen molar-refractivity contribution in [3.8, 4) is 0 Å². The lowest BCUT2D eigenvalue weighted by molar-refractivity contribution is 0.0985. The summed E-state index contributed by atoms with van der Waals surface area (Å²) in [5.74, 6) is -0.210. The molecule has 26 heavy (non-hydrogen) atoms. The van der Waals surface area contributed by atoms with E-state index in [0.29, 0.717) is 38.9 Å². The molecule has 1 aromatic heterocycles. The van der Waals surface area contributed by atoms with Crippen molar-refractivity contribution in [1.29, 1.82) is 0 Å². The van der Waals surface area contributed by atoms with E-state index in [1.54, 1.807) is 29.2 Å². The SMILES string of the molecule is CN(C)CCN(C(=O)c1ccc(Cl)cc1Cl)c1nc2ccc(Cl)cc2s1. The Balaban J connectivity index is 2.01. The molecule has 0 N–H and O–H groups in total. The lowest BCUT2D eigenvalue weighted by Crippen LogP contribution is -2.36. The van der Waals surface area contributed by atoms with Crippen molar-refractivity contribution < 1.29 is 4.79 Å². The number of hydrogen-bond donors (Lipinski definition) is 0. The highest BCUT2D eigenvalue weighted by molar-refractivity contribution is 7.22. The number of likely N-dealkylation sites (N-methyl/N-ethyl adjacent to an activating group) is 1. The van der Waals surface area contributed by atoms with Crippen LogP contribution in [0.25, 0.3) is 10.2 Å². The van der Waals surface area contributed by atoms with Crippen molar-refractivity contribution >= 4 is 67.4 Å².